The minimum atomic E-state index is -0.180. The molecule has 25 heavy (non-hydrogen) atoms. The number of aromatic nitrogens is 1. The van der Waals surface area contributed by atoms with Crippen LogP contribution < -0.4 is 10.6 Å². The molecule has 4 heteroatoms. The second-order valence-electron chi connectivity index (χ2n) is 5.87. The Hall–Kier alpha value is -2.62. The van der Waals surface area contributed by atoms with Crippen LogP contribution in [0.5, 0.6) is 0 Å². The summed E-state index contributed by atoms with van der Waals surface area (Å²) in [5.74, 6) is -0.180. The molecule has 2 N–H and O–H groups in total. The quantitative estimate of drug-likeness (QED) is 0.843. The molecule has 3 rings (SSSR count). The van der Waals surface area contributed by atoms with Gasteiger partial charge in [0.1, 0.15) is 5.69 Å². The van der Waals surface area contributed by atoms with Gasteiger partial charge >= 0.3 is 0 Å². The van der Waals surface area contributed by atoms with E-state index in [0.717, 1.165) is 17.0 Å². The number of carbonyl (C=O) groups is 1. The summed E-state index contributed by atoms with van der Waals surface area (Å²) in [6, 6.07) is 14.5. The van der Waals surface area contributed by atoms with Crippen LogP contribution in [-0.2, 0) is 6.42 Å². The van der Waals surface area contributed by atoms with Gasteiger partial charge in [0.15, 0.2) is 0 Å². The van der Waals surface area contributed by atoms with E-state index in [0.29, 0.717) is 18.2 Å². The number of benzene rings is 1. The molecular weight excluding hydrogens is 310 g/mol. The standard InChI is InChI=1S/C19H21N3O.C2H6/c1-13(21-16-8-9-16)15-11-17(10-14-6-4-3-5-7-14)22-18(12-15)19(23)20-2;1-2/h3-7,11-12,16,21H,1,8-10H2,2H3,(H,20,23);1-2H3. The van der Waals surface area contributed by atoms with Crippen LogP contribution in [0.3, 0.4) is 0 Å². The molecule has 0 spiro atoms. The van der Waals surface area contributed by atoms with Gasteiger partial charge in [-0.15, -0.1) is 0 Å². The van der Waals surface area contributed by atoms with E-state index in [1.54, 1.807) is 13.1 Å². The topological polar surface area (TPSA) is 54.0 Å². The molecule has 0 atom stereocenters. The van der Waals surface area contributed by atoms with Crippen molar-refractivity contribution in [2.75, 3.05) is 7.05 Å². The Labute approximate surface area is 150 Å². The number of hydrogen-bond donors (Lipinski definition) is 2. The fraction of sp³-hybridized carbons (Fsp3) is 0.333. The van der Waals surface area contributed by atoms with Crippen LogP contribution >= 0.6 is 0 Å². The summed E-state index contributed by atoms with van der Waals surface area (Å²) < 4.78 is 0. The number of rotatable bonds is 6. The third kappa shape index (κ3) is 5.45. The molecule has 0 radical (unpaired) electrons. The lowest BCUT2D eigenvalue weighted by molar-refractivity contribution is 0.0958. The Kier molecular flexibility index (Phi) is 6.75. The average molecular weight is 337 g/mol. The SMILES string of the molecule is C=C(NC1CC1)c1cc(Cc2ccccc2)nc(C(=O)NC)c1.CC. The van der Waals surface area contributed by atoms with Gasteiger partial charge in [-0.25, -0.2) is 4.98 Å². The van der Waals surface area contributed by atoms with Crippen LogP contribution in [0, 0.1) is 0 Å². The summed E-state index contributed by atoms with van der Waals surface area (Å²) in [5.41, 5.74) is 4.24. The summed E-state index contributed by atoms with van der Waals surface area (Å²) in [6.07, 6.45) is 3.06. The predicted molar refractivity (Wildman–Crippen MR) is 103 cm³/mol. The smallest absolute Gasteiger partial charge is 0.269 e. The molecular formula is C21H27N3O. The van der Waals surface area contributed by atoms with Gasteiger partial charge < -0.3 is 10.6 Å². The first-order chi connectivity index (χ1) is 12.2. The van der Waals surface area contributed by atoms with Crippen LogP contribution in [-0.4, -0.2) is 24.0 Å². The van der Waals surface area contributed by atoms with Gasteiger partial charge in [-0.05, 0) is 30.5 Å². The van der Waals surface area contributed by atoms with E-state index in [2.05, 4.69) is 34.3 Å². The molecule has 1 aliphatic rings. The zero-order valence-electron chi connectivity index (χ0n) is 15.3. The molecule has 1 amide bonds. The molecule has 1 heterocycles. The normalized spacial score (nSPS) is 12.6. The van der Waals surface area contributed by atoms with Gasteiger partial charge in [0.2, 0.25) is 0 Å². The van der Waals surface area contributed by atoms with Gasteiger partial charge in [0, 0.05) is 36.5 Å². The molecule has 0 bridgehead atoms. The number of amides is 1. The number of carbonyl (C=O) groups excluding carboxylic acids is 1. The lowest BCUT2D eigenvalue weighted by atomic mass is 10.1. The maximum absolute atomic E-state index is 12.0. The van der Waals surface area contributed by atoms with E-state index < -0.39 is 0 Å². The van der Waals surface area contributed by atoms with Crippen LogP contribution in [0.2, 0.25) is 0 Å². The maximum Gasteiger partial charge on any atom is 0.269 e. The molecule has 4 nitrogen and oxygen atoms in total. The largest absolute Gasteiger partial charge is 0.382 e. The summed E-state index contributed by atoms with van der Waals surface area (Å²) in [6.45, 7) is 8.11. The Morgan fingerprint density at radius 1 is 1.20 bits per heavy atom. The van der Waals surface area contributed by atoms with Gasteiger partial charge in [-0.3, -0.25) is 4.79 Å². The van der Waals surface area contributed by atoms with Crippen molar-refractivity contribution in [3.05, 3.63) is 71.6 Å². The minimum absolute atomic E-state index is 0.180. The number of nitrogens with zero attached hydrogens (tertiary/aromatic N) is 1. The molecule has 1 saturated carbocycles. The number of pyridine rings is 1. The number of hydrogen-bond acceptors (Lipinski definition) is 3. The lowest BCUT2D eigenvalue weighted by Crippen LogP contribution is -2.21. The van der Waals surface area contributed by atoms with Gasteiger partial charge in [0.05, 0.1) is 0 Å². The Bertz CT molecular complexity index is 721. The molecule has 0 unspecified atom stereocenters. The summed E-state index contributed by atoms with van der Waals surface area (Å²) in [7, 11) is 1.62. The predicted octanol–water partition coefficient (Wildman–Crippen LogP) is 3.78. The zero-order chi connectivity index (χ0) is 18.2. The van der Waals surface area contributed by atoms with E-state index in [1.807, 2.05) is 38.1 Å². The first kappa shape index (κ1) is 18.7. The fourth-order valence-corrected chi connectivity index (χ4v) is 2.46. The summed E-state index contributed by atoms with van der Waals surface area (Å²) in [4.78, 5) is 16.5. The molecule has 1 aromatic heterocycles. The van der Waals surface area contributed by atoms with Crippen molar-refractivity contribution in [2.24, 2.45) is 0 Å². The highest BCUT2D eigenvalue weighted by Crippen LogP contribution is 2.24. The van der Waals surface area contributed by atoms with E-state index >= 15 is 0 Å². The molecule has 1 aromatic carbocycles. The summed E-state index contributed by atoms with van der Waals surface area (Å²) in [5, 5.41) is 6.03. The van der Waals surface area contributed by atoms with E-state index in [4.69, 9.17) is 0 Å². The first-order valence-electron chi connectivity index (χ1n) is 8.88. The Morgan fingerprint density at radius 2 is 1.88 bits per heavy atom. The van der Waals surface area contributed by atoms with Crippen molar-refractivity contribution >= 4 is 11.6 Å². The first-order valence-corrected chi connectivity index (χ1v) is 8.88. The van der Waals surface area contributed by atoms with Gasteiger partial charge in [0.25, 0.3) is 5.91 Å². The van der Waals surface area contributed by atoms with Crippen molar-refractivity contribution in [3.8, 4) is 0 Å². The monoisotopic (exact) mass is 337 g/mol. The van der Waals surface area contributed by atoms with Crippen molar-refractivity contribution < 1.29 is 4.79 Å². The van der Waals surface area contributed by atoms with Crippen molar-refractivity contribution in [2.45, 2.75) is 39.2 Å². The highest BCUT2D eigenvalue weighted by atomic mass is 16.1. The van der Waals surface area contributed by atoms with Crippen LogP contribution in [0.15, 0.2) is 49.0 Å². The highest BCUT2D eigenvalue weighted by Gasteiger charge is 2.22. The average Bonchev–Trinajstić information content (AvgIpc) is 3.47. The summed E-state index contributed by atoms with van der Waals surface area (Å²) >= 11 is 0. The zero-order valence-corrected chi connectivity index (χ0v) is 15.3. The third-order valence-corrected chi connectivity index (χ3v) is 3.87. The fourth-order valence-electron chi connectivity index (χ4n) is 2.46. The van der Waals surface area contributed by atoms with E-state index in [-0.39, 0.29) is 5.91 Å². The second kappa shape index (κ2) is 9.02. The molecule has 0 saturated heterocycles. The molecule has 1 aliphatic carbocycles. The molecule has 0 aliphatic heterocycles. The number of nitrogens with one attached hydrogen (secondary N) is 2. The van der Waals surface area contributed by atoms with Crippen molar-refractivity contribution in [3.63, 3.8) is 0 Å². The van der Waals surface area contributed by atoms with Gasteiger partial charge in [-0.1, -0.05) is 50.8 Å². The molecule has 132 valence electrons. The van der Waals surface area contributed by atoms with Crippen molar-refractivity contribution in [1.29, 1.82) is 0 Å². The maximum atomic E-state index is 12.0. The lowest BCUT2D eigenvalue weighted by Gasteiger charge is -2.12. The molecule has 1 fully saturated rings. The van der Waals surface area contributed by atoms with Crippen LogP contribution in [0.1, 0.15) is 54.0 Å². The van der Waals surface area contributed by atoms with Crippen LogP contribution in [0.4, 0.5) is 0 Å². The second-order valence-corrected chi connectivity index (χ2v) is 5.87. The van der Waals surface area contributed by atoms with Gasteiger partial charge in [-0.2, -0.15) is 0 Å². The molecule has 2 aromatic rings. The highest BCUT2D eigenvalue weighted by molar-refractivity contribution is 5.93. The van der Waals surface area contributed by atoms with E-state index in [1.165, 1.54) is 18.4 Å². The van der Waals surface area contributed by atoms with Crippen LogP contribution in [0.25, 0.3) is 5.70 Å². The Balaban J connectivity index is 0.00000109. The van der Waals surface area contributed by atoms with E-state index in [9.17, 15) is 4.79 Å². The Morgan fingerprint density at radius 3 is 2.48 bits per heavy atom. The third-order valence-electron chi connectivity index (χ3n) is 3.87. The van der Waals surface area contributed by atoms with Crippen molar-refractivity contribution in [1.82, 2.24) is 15.6 Å². The minimum Gasteiger partial charge on any atom is -0.382 e.